The van der Waals surface area contributed by atoms with Crippen molar-refractivity contribution in [1.29, 1.82) is 0 Å². The molecule has 0 heterocycles. The van der Waals surface area contributed by atoms with Crippen molar-refractivity contribution in [3.05, 3.63) is 28.2 Å². The third kappa shape index (κ3) is 3.18. The van der Waals surface area contributed by atoms with E-state index in [-0.39, 0.29) is 5.54 Å². The van der Waals surface area contributed by atoms with Gasteiger partial charge < -0.3 is 4.90 Å². The highest BCUT2D eigenvalue weighted by Crippen LogP contribution is 2.38. The Morgan fingerprint density at radius 1 is 1.24 bits per heavy atom. The average molecular weight is 375 g/mol. The highest BCUT2D eigenvalue weighted by Gasteiger charge is 2.42. The smallest absolute Gasteiger partial charge is 0.244 e. The molecular formula is C15H23BrN2O2S. The van der Waals surface area contributed by atoms with Crippen LogP contribution in [0.1, 0.15) is 24.8 Å². The van der Waals surface area contributed by atoms with Crippen molar-refractivity contribution in [2.45, 2.75) is 36.6 Å². The number of aryl methyl sites for hydroxylation is 1. The maximum Gasteiger partial charge on any atom is 0.244 e. The van der Waals surface area contributed by atoms with E-state index in [4.69, 9.17) is 0 Å². The highest BCUT2D eigenvalue weighted by atomic mass is 79.9. The molecule has 0 aliphatic heterocycles. The number of halogens is 1. The van der Waals surface area contributed by atoms with Crippen LogP contribution in [-0.2, 0) is 10.0 Å². The van der Waals surface area contributed by atoms with Gasteiger partial charge >= 0.3 is 0 Å². The van der Waals surface area contributed by atoms with Crippen LogP contribution < -0.4 is 0 Å². The van der Waals surface area contributed by atoms with Crippen molar-refractivity contribution in [2.75, 3.05) is 27.7 Å². The van der Waals surface area contributed by atoms with Crippen LogP contribution in [0.5, 0.6) is 0 Å². The molecule has 0 amide bonds. The van der Waals surface area contributed by atoms with Crippen LogP contribution in [0.3, 0.4) is 0 Å². The van der Waals surface area contributed by atoms with E-state index in [9.17, 15) is 8.42 Å². The second-order valence-corrected chi connectivity index (χ2v) is 9.03. The average Bonchev–Trinajstić information content (AvgIpc) is 2.32. The van der Waals surface area contributed by atoms with E-state index < -0.39 is 10.0 Å². The molecule has 21 heavy (non-hydrogen) atoms. The minimum atomic E-state index is -3.47. The molecule has 2 rings (SSSR count). The van der Waals surface area contributed by atoms with E-state index in [1.807, 2.05) is 33.2 Å². The van der Waals surface area contributed by atoms with Gasteiger partial charge in [0, 0.05) is 23.6 Å². The molecule has 0 bridgehead atoms. The number of hydrogen-bond acceptors (Lipinski definition) is 3. The number of nitrogens with zero attached hydrogens (tertiary/aromatic N) is 2. The Balaban J connectivity index is 2.27. The van der Waals surface area contributed by atoms with Crippen molar-refractivity contribution in [3.8, 4) is 0 Å². The molecule has 1 fully saturated rings. The summed E-state index contributed by atoms with van der Waals surface area (Å²) in [6.07, 6.45) is 3.27. The molecule has 1 aromatic carbocycles. The van der Waals surface area contributed by atoms with Crippen LogP contribution in [0.4, 0.5) is 0 Å². The van der Waals surface area contributed by atoms with Crippen LogP contribution >= 0.6 is 15.9 Å². The van der Waals surface area contributed by atoms with E-state index >= 15 is 0 Å². The topological polar surface area (TPSA) is 40.6 Å². The van der Waals surface area contributed by atoms with Gasteiger partial charge in [0.2, 0.25) is 10.0 Å². The fourth-order valence-corrected chi connectivity index (χ4v) is 5.21. The number of sulfonamides is 1. The Labute approximate surface area is 136 Å². The molecule has 0 spiro atoms. The summed E-state index contributed by atoms with van der Waals surface area (Å²) < 4.78 is 27.7. The molecule has 0 unspecified atom stereocenters. The van der Waals surface area contributed by atoms with Gasteiger partial charge in [-0.05, 0) is 73.9 Å². The summed E-state index contributed by atoms with van der Waals surface area (Å²) in [6, 6.07) is 5.34. The van der Waals surface area contributed by atoms with Gasteiger partial charge in [-0.1, -0.05) is 6.07 Å². The molecule has 118 valence electrons. The number of likely N-dealkylation sites (N-methyl/N-ethyl adjacent to an activating group) is 2. The molecule has 1 aliphatic rings. The zero-order valence-electron chi connectivity index (χ0n) is 13.1. The molecule has 6 heteroatoms. The molecule has 0 N–H and O–H groups in total. The number of benzene rings is 1. The summed E-state index contributed by atoms with van der Waals surface area (Å²) in [5, 5.41) is 0. The fourth-order valence-electron chi connectivity index (χ4n) is 2.81. The van der Waals surface area contributed by atoms with E-state index in [0.717, 1.165) is 18.4 Å². The first-order valence-electron chi connectivity index (χ1n) is 7.09. The lowest BCUT2D eigenvalue weighted by atomic mass is 9.75. The van der Waals surface area contributed by atoms with Crippen LogP contribution in [0.15, 0.2) is 27.6 Å². The first kappa shape index (κ1) is 16.9. The van der Waals surface area contributed by atoms with Crippen molar-refractivity contribution in [1.82, 2.24) is 9.21 Å². The standard InChI is InChI=1S/C15H23BrN2O2S/c1-12-6-7-14(13(16)10-12)21(19,20)18(4)11-15(17(2)3)8-5-9-15/h6-7,10H,5,8-9,11H2,1-4H3. The zero-order valence-corrected chi connectivity index (χ0v) is 15.5. The second kappa shape index (κ2) is 5.99. The quantitative estimate of drug-likeness (QED) is 0.795. The maximum absolute atomic E-state index is 12.8. The summed E-state index contributed by atoms with van der Waals surface area (Å²) in [4.78, 5) is 2.50. The van der Waals surface area contributed by atoms with Gasteiger partial charge in [0.05, 0.1) is 4.90 Å². The lowest BCUT2D eigenvalue weighted by molar-refractivity contribution is 0.0455. The molecular weight excluding hydrogens is 352 g/mol. The Morgan fingerprint density at radius 2 is 1.86 bits per heavy atom. The summed E-state index contributed by atoms with van der Waals surface area (Å²) in [7, 11) is 2.26. The first-order valence-corrected chi connectivity index (χ1v) is 9.32. The molecule has 0 radical (unpaired) electrons. The molecule has 4 nitrogen and oxygen atoms in total. The lowest BCUT2D eigenvalue weighted by Crippen LogP contribution is -2.57. The van der Waals surface area contributed by atoms with Crippen LogP contribution in [0.2, 0.25) is 0 Å². The predicted octanol–water partition coefficient (Wildman–Crippen LogP) is 2.86. The van der Waals surface area contributed by atoms with Crippen molar-refractivity contribution in [3.63, 3.8) is 0 Å². The normalized spacial score (nSPS) is 18.0. The minimum Gasteiger partial charge on any atom is -0.302 e. The maximum atomic E-state index is 12.8. The summed E-state index contributed by atoms with van der Waals surface area (Å²) >= 11 is 3.37. The molecule has 1 aromatic rings. The van der Waals surface area contributed by atoms with E-state index in [0.29, 0.717) is 15.9 Å². The fraction of sp³-hybridized carbons (Fsp3) is 0.600. The molecule has 0 saturated heterocycles. The van der Waals surface area contributed by atoms with Crippen LogP contribution in [0.25, 0.3) is 0 Å². The van der Waals surface area contributed by atoms with Crippen molar-refractivity contribution >= 4 is 26.0 Å². The first-order chi connectivity index (χ1) is 9.69. The summed E-state index contributed by atoms with van der Waals surface area (Å²) in [5.41, 5.74) is 1.02. The Morgan fingerprint density at radius 3 is 2.29 bits per heavy atom. The predicted molar refractivity (Wildman–Crippen MR) is 89.0 cm³/mol. The van der Waals surface area contributed by atoms with Crippen LogP contribution in [-0.4, -0.2) is 50.8 Å². The second-order valence-electron chi connectivity index (χ2n) is 6.17. The summed E-state index contributed by atoms with van der Waals surface area (Å²) in [6.45, 7) is 2.48. The number of rotatable bonds is 5. The van der Waals surface area contributed by atoms with E-state index in [1.54, 1.807) is 13.1 Å². The molecule has 0 aromatic heterocycles. The molecule has 0 atom stereocenters. The van der Waals surface area contributed by atoms with Gasteiger partial charge in [0.15, 0.2) is 0 Å². The number of hydrogen-bond donors (Lipinski definition) is 0. The Kier molecular flexibility index (Phi) is 4.83. The third-order valence-electron chi connectivity index (χ3n) is 4.53. The van der Waals surface area contributed by atoms with Gasteiger partial charge in [-0.2, -0.15) is 4.31 Å². The molecule has 1 aliphatic carbocycles. The van der Waals surface area contributed by atoms with Crippen molar-refractivity contribution in [2.24, 2.45) is 0 Å². The largest absolute Gasteiger partial charge is 0.302 e. The summed E-state index contributed by atoms with van der Waals surface area (Å²) in [5.74, 6) is 0. The SMILES string of the molecule is Cc1ccc(S(=O)(=O)N(C)CC2(N(C)C)CCC2)c(Br)c1. The van der Waals surface area contributed by atoms with Gasteiger partial charge in [0.25, 0.3) is 0 Å². The highest BCUT2D eigenvalue weighted by molar-refractivity contribution is 9.10. The van der Waals surface area contributed by atoms with Gasteiger partial charge in [-0.25, -0.2) is 8.42 Å². The Hall–Kier alpha value is -0.430. The third-order valence-corrected chi connectivity index (χ3v) is 7.31. The monoisotopic (exact) mass is 374 g/mol. The zero-order chi connectivity index (χ0) is 15.8. The van der Waals surface area contributed by atoms with Gasteiger partial charge in [-0.15, -0.1) is 0 Å². The molecule has 1 saturated carbocycles. The van der Waals surface area contributed by atoms with Gasteiger partial charge in [0.1, 0.15) is 0 Å². The van der Waals surface area contributed by atoms with Crippen LogP contribution in [0, 0.1) is 6.92 Å². The minimum absolute atomic E-state index is 0.0149. The van der Waals surface area contributed by atoms with Gasteiger partial charge in [-0.3, -0.25) is 0 Å². The lowest BCUT2D eigenvalue weighted by Gasteiger charge is -2.49. The van der Waals surface area contributed by atoms with E-state index in [1.165, 1.54) is 10.7 Å². The van der Waals surface area contributed by atoms with E-state index in [2.05, 4.69) is 20.8 Å². The van der Waals surface area contributed by atoms with Crippen molar-refractivity contribution < 1.29 is 8.42 Å². The Bertz CT molecular complexity index is 625.